The number of nitrogens with zero attached hydrogens (tertiary/aromatic N) is 2. The van der Waals surface area contributed by atoms with Crippen LogP contribution in [0.1, 0.15) is 21.6 Å². The zero-order valence-corrected chi connectivity index (χ0v) is 17.8. The first kappa shape index (κ1) is 20.2. The van der Waals surface area contributed by atoms with Crippen LogP contribution in [0.4, 0.5) is 4.39 Å². The van der Waals surface area contributed by atoms with Crippen molar-refractivity contribution in [1.29, 1.82) is 0 Å². The summed E-state index contributed by atoms with van der Waals surface area (Å²) in [7, 11) is 0. The quantitative estimate of drug-likeness (QED) is 0.443. The first-order valence-electron chi connectivity index (χ1n) is 10.1. The van der Waals surface area contributed by atoms with Gasteiger partial charge in [0.1, 0.15) is 17.3 Å². The van der Waals surface area contributed by atoms with Gasteiger partial charge in [0.15, 0.2) is 5.82 Å². The number of carbonyl (C=O) groups excluding carboxylic acids is 1. The van der Waals surface area contributed by atoms with Crippen molar-refractivity contribution in [3.8, 4) is 34.3 Å². The van der Waals surface area contributed by atoms with Crippen LogP contribution in [0.2, 0.25) is 5.02 Å². The van der Waals surface area contributed by atoms with E-state index in [-0.39, 0.29) is 23.0 Å². The van der Waals surface area contributed by atoms with Crippen molar-refractivity contribution in [2.75, 3.05) is 6.54 Å². The maximum atomic E-state index is 14.9. The van der Waals surface area contributed by atoms with Crippen LogP contribution in [0.3, 0.4) is 0 Å². The Labute approximate surface area is 188 Å². The highest BCUT2D eigenvalue weighted by Crippen LogP contribution is 2.36. The van der Waals surface area contributed by atoms with E-state index in [0.717, 1.165) is 11.3 Å². The lowest BCUT2D eigenvalue weighted by molar-refractivity contribution is 0.0946. The molecule has 160 valence electrons. The Morgan fingerprint density at radius 1 is 1.12 bits per heavy atom. The van der Waals surface area contributed by atoms with E-state index in [1.54, 1.807) is 48.7 Å². The van der Waals surface area contributed by atoms with E-state index in [1.807, 2.05) is 6.92 Å². The van der Waals surface area contributed by atoms with Gasteiger partial charge in [-0.25, -0.2) is 14.4 Å². The first-order chi connectivity index (χ1) is 15.5. The van der Waals surface area contributed by atoms with Crippen molar-refractivity contribution in [2.24, 2.45) is 0 Å². The molecule has 0 saturated heterocycles. The maximum absolute atomic E-state index is 14.9. The summed E-state index contributed by atoms with van der Waals surface area (Å²) in [5, 5.41) is 3.41. The normalized spacial score (nSPS) is 12.9. The Morgan fingerprint density at radius 2 is 2.00 bits per heavy atom. The number of amides is 1. The van der Waals surface area contributed by atoms with Crippen molar-refractivity contribution in [1.82, 2.24) is 20.3 Å². The number of fused-ring (bicyclic) bond motifs is 1. The number of hydrogen-bond donors (Lipinski definition) is 2. The second kappa shape index (κ2) is 8.09. The van der Waals surface area contributed by atoms with Crippen molar-refractivity contribution in [2.45, 2.75) is 13.3 Å². The number of aryl methyl sites for hydroxylation is 1. The van der Waals surface area contributed by atoms with Gasteiger partial charge in [0.25, 0.3) is 5.91 Å². The Hall–Kier alpha value is -3.71. The summed E-state index contributed by atoms with van der Waals surface area (Å²) in [6.45, 7) is 2.45. The largest absolute Gasteiger partial charge is 0.456 e. The molecule has 1 aliphatic heterocycles. The Bertz CT molecular complexity index is 1350. The standard InChI is InChI=1S/C24H18ClFN4O2/c1-13-11-14(25)5-6-20(13)32-21-4-2-3-16(26)22(21)23-27-9-8-18(30-23)19-12-15-17(29-19)7-10-28-24(15)31/h2-6,8-9,11-12,29H,7,10H2,1H3,(H,28,31). The van der Waals surface area contributed by atoms with Crippen LogP contribution in [-0.4, -0.2) is 27.4 Å². The van der Waals surface area contributed by atoms with Crippen LogP contribution in [0.5, 0.6) is 11.5 Å². The zero-order valence-electron chi connectivity index (χ0n) is 17.1. The molecule has 1 aliphatic rings. The molecule has 0 fully saturated rings. The van der Waals surface area contributed by atoms with Crippen LogP contribution in [0.25, 0.3) is 22.8 Å². The molecule has 6 nitrogen and oxygen atoms in total. The highest BCUT2D eigenvalue weighted by molar-refractivity contribution is 6.30. The lowest BCUT2D eigenvalue weighted by Gasteiger charge is -2.13. The molecule has 8 heteroatoms. The lowest BCUT2D eigenvalue weighted by atomic mass is 10.1. The van der Waals surface area contributed by atoms with E-state index >= 15 is 0 Å². The van der Waals surface area contributed by atoms with Gasteiger partial charge < -0.3 is 15.0 Å². The number of aromatic nitrogens is 3. The number of benzene rings is 2. The number of H-pyrrole nitrogens is 1. The molecule has 2 N–H and O–H groups in total. The SMILES string of the molecule is Cc1cc(Cl)ccc1Oc1cccc(F)c1-c1nccc(-c2cc3c([nH]2)CCNC3=O)n1. The van der Waals surface area contributed by atoms with Crippen molar-refractivity contribution >= 4 is 17.5 Å². The second-order valence-electron chi connectivity index (χ2n) is 7.47. The number of aromatic amines is 1. The Balaban J connectivity index is 1.55. The summed E-state index contributed by atoms with van der Waals surface area (Å²) in [5.41, 5.74) is 3.64. The van der Waals surface area contributed by atoms with Crippen LogP contribution >= 0.6 is 11.6 Å². The van der Waals surface area contributed by atoms with Crippen molar-refractivity contribution < 1.29 is 13.9 Å². The first-order valence-corrected chi connectivity index (χ1v) is 10.4. The summed E-state index contributed by atoms with van der Waals surface area (Å²) in [4.78, 5) is 24.2. The zero-order chi connectivity index (χ0) is 22.2. The highest BCUT2D eigenvalue weighted by atomic mass is 35.5. The van der Waals surface area contributed by atoms with E-state index in [2.05, 4.69) is 20.3 Å². The second-order valence-corrected chi connectivity index (χ2v) is 7.91. The topological polar surface area (TPSA) is 79.9 Å². The third kappa shape index (κ3) is 3.71. The van der Waals surface area contributed by atoms with Gasteiger partial charge in [-0.2, -0.15) is 0 Å². The Kier molecular flexibility index (Phi) is 5.11. The molecule has 5 rings (SSSR count). The van der Waals surface area contributed by atoms with E-state index < -0.39 is 5.82 Å². The molecule has 32 heavy (non-hydrogen) atoms. The minimum atomic E-state index is -0.503. The van der Waals surface area contributed by atoms with Gasteiger partial charge in [0.05, 0.1) is 22.5 Å². The van der Waals surface area contributed by atoms with Gasteiger partial charge in [-0.1, -0.05) is 17.7 Å². The average Bonchev–Trinajstić information content (AvgIpc) is 3.22. The smallest absolute Gasteiger partial charge is 0.253 e. The molecule has 4 aromatic rings. The third-order valence-electron chi connectivity index (χ3n) is 5.29. The van der Waals surface area contributed by atoms with Gasteiger partial charge in [-0.15, -0.1) is 0 Å². The summed E-state index contributed by atoms with van der Waals surface area (Å²) >= 11 is 6.03. The molecular weight excluding hydrogens is 431 g/mol. The monoisotopic (exact) mass is 448 g/mol. The molecule has 2 aromatic heterocycles. The van der Waals surface area contributed by atoms with Crippen molar-refractivity contribution in [3.63, 3.8) is 0 Å². The van der Waals surface area contributed by atoms with Gasteiger partial charge >= 0.3 is 0 Å². The summed E-state index contributed by atoms with van der Waals surface area (Å²) in [5.74, 6) is 0.403. The predicted molar refractivity (Wildman–Crippen MR) is 120 cm³/mol. The molecule has 0 spiro atoms. The molecule has 0 aliphatic carbocycles. The fourth-order valence-electron chi connectivity index (χ4n) is 3.71. The van der Waals surface area contributed by atoms with E-state index in [9.17, 15) is 9.18 Å². The average molecular weight is 449 g/mol. The number of nitrogens with one attached hydrogen (secondary N) is 2. The van der Waals surface area contributed by atoms with E-state index in [1.165, 1.54) is 6.07 Å². The van der Waals surface area contributed by atoms with Gasteiger partial charge in [-0.3, -0.25) is 4.79 Å². The predicted octanol–water partition coefficient (Wildman–Crippen LogP) is 5.32. The fourth-order valence-corrected chi connectivity index (χ4v) is 3.94. The molecule has 3 heterocycles. The van der Waals surface area contributed by atoms with Crippen LogP contribution in [-0.2, 0) is 6.42 Å². The molecule has 0 saturated carbocycles. The fraction of sp³-hybridized carbons (Fsp3) is 0.125. The molecule has 0 bridgehead atoms. The van der Waals surface area contributed by atoms with Gasteiger partial charge in [-0.05, 0) is 55.0 Å². The number of halogens is 2. The molecule has 0 atom stereocenters. The summed E-state index contributed by atoms with van der Waals surface area (Å²) in [6, 6.07) is 13.3. The number of carbonyl (C=O) groups is 1. The van der Waals surface area contributed by atoms with Crippen LogP contribution < -0.4 is 10.1 Å². The minimum absolute atomic E-state index is 0.119. The van der Waals surface area contributed by atoms with E-state index in [4.69, 9.17) is 16.3 Å². The third-order valence-corrected chi connectivity index (χ3v) is 5.53. The number of ether oxygens (including phenoxy) is 1. The lowest BCUT2D eigenvalue weighted by Crippen LogP contribution is -2.31. The minimum Gasteiger partial charge on any atom is -0.456 e. The van der Waals surface area contributed by atoms with Crippen LogP contribution in [0.15, 0.2) is 54.7 Å². The van der Waals surface area contributed by atoms with Crippen LogP contribution in [0, 0.1) is 12.7 Å². The van der Waals surface area contributed by atoms with Gasteiger partial charge in [0, 0.05) is 29.9 Å². The molecular formula is C24H18ClFN4O2. The summed E-state index contributed by atoms with van der Waals surface area (Å²) < 4.78 is 20.9. The Morgan fingerprint density at radius 3 is 2.81 bits per heavy atom. The maximum Gasteiger partial charge on any atom is 0.253 e. The number of hydrogen-bond acceptors (Lipinski definition) is 4. The molecule has 0 radical (unpaired) electrons. The number of rotatable bonds is 4. The molecule has 1 amide bonds. The summed E-state index contributed by atoms with van der Waals surface area (Å²) in [6.07, 6.45) is 2.27. The molecule has 0 unspecified atom stereocenters. The van der Waals surface area contributed by atoms with Crippen molar-refractivity contribution in [3.05, 3.63) is 82.4 Å². The van der Waals surface area contributed by atoms with Gasteiger partial charge in [0.2, 0.25) is 0 Å². The van der Waals surface area contributed by atoms with E-state index in [0.29, 0.717) is 40.7 Å². The highest BCUT2D eigenvalue weighted by Gasteiger charge is 2.22. The molecule has 2 aromatic carbocycles.